The molecule has 0 radical (unpaired) electrons. The molecule has 2 aromatic carbocycles. The summed E-state index contributed by atoms with van der Waals surface area (Å²) >= 11 is 6.25. The highest BCUT2D eigenvalue weighted by atomic mass is 35.5. The Hall–Kier alpha value is -2.53. The van der Waals surface area contributed by atoms with Gasteiger partial charge in [-0.05, 0) is 125 Å². The number of carbonyl (C=O) groups excluding carboxylic acids is 2. The number of rotatable bonds is 10. The number of aliphatic hydroxyl groups is 2. The molecular formula is C39H54ClN5O4. The highest BCUT2D eigenvalue weighted by Crippen LogP contribution is 2.49. The summed E-state index contributed by atoms with van der Waals surface area (Å²) < 4.78 is 0. The van der Waals surface area contributed by atoms with Crippen LogP contribution in [0.1, 0.15) is 111 Å². The third-order valence-corrected chi connectivity index (χ3v) is 13.4. The smallest absolute Gasteiger partial charge is 0.230 e. The number of piperidine rings is 2. The fraction of sp³-hybridized carbons (Fsp3) is 0.641. The minimum Gasteiger partial charge on any atom is -0.392 e. The average molecular weight is 692 g/mol. The van der Waals surface area contributed by atoms with Gasteiger partial charge in [-0.15, -0.1) is 0 Å². The van der Waals surface area contributed by atoms with Crippen molar-refractivity contribution in [3.63, 3.8) is 0 Å². The molecule has 9 nitrogen and oxygen atoms in total. The number of carbonyl (C=O) groups is 2. The van der Waals surface area contributed by atoms with Crippen LogP contribution in [-0.4, -0.2) is 94.3 Å². The Morgan fingerprint density at radius 3 is 1.92 bits per heavy atom. The van der Waals surface area contributed by atoms with Crippen molar-refractivity contribution in [1.82, 2.24) is 20.4 Å². The Morgan fingerprint density at radius 1 is 0.857 bits per heavy atom. The number of benzene rings is 2. The Bertz CT molecular complexity index is 1500. The minimum absolute atomic E-state index is 0.0519. The van der Waals surface area contributed by atoms with Crippen LogP contribution in [-0.2, 0) is 16.2 Å². The molecule has 0 spiro atoms. The van der Waals surface area contributed by atoms with E-state index >= 15 is 0 Å². The van der Waals surface area contributed by atoms with Gasteiger partial charge in [0.1, 0.15) is 0 Å². The lowest BCUT2D eigenvalue weighted by molar-refractivity contribution is -0.130. The van der Waals surface area contributed by atoms with E-state index < -0.39 is 17.4 Å². The van der Waals surface area contributed by atoms with Crippen LogP contribution in [0.25, 0.3) is 0 Å². The number of nitrogens with one attached hydrogen (secondary N) is 2. The highest BCUT2D eigenvalue weighted by molar-refractivity contribution is 6.30. The van der Waals surface area contributed by atoms with Gasteiger partial charge in [-0.2, -0.15) is 0 Å². The van der Waals surface area contributed by atoms with E-state index in [4.69, 9.17) is 17.3 Å². The number of nitrogens with zero attached hydrogens (tertiary/aromatic N) is 2. The van der Waals surface area contributed by atoms with Gasteiger partial charge in [-0.3, -0.25) is 9.59 Å². The molecule has 2 aromatic rings. The van der Waals surface area contributed by atoms with Crippen molar-refractivity contribution in [2.24, 2.45) is 5.73 Å². The van der Waals surface area contributed by atoms with Crippen LogP contribution in [0.15, 0.2) is 42.5 Å². The Balaban J connectivity index is 1.10. The van der Waals surface area contributed by atoms with E-state index in [1.807, 2.05) is 30.3 Å². The zero-order valence-electron chi connectivity index (χ0n) is 29.0. The molecule has 5 fully saturated rings. The number of halogens is 1. The summed E-state index contributed by atoms with van der Waals surface area (Å²) in [5.74, 6) is -1.57. The maximum atomic E-state index is 14.2. The lowest BCUT2D eigenvalue weighted by atomic mass is 9.78. The van der Waals surface area contributed by atoms with E-state index in [9.17, 15) is 19.8 Å². The van der Waals surface area contributed by atoms with Crippen LogP contribution < -0.4 is 16.4 Å². The number of nitrogens with two attached hydrogens (primary N) is 1. The first kappa shape index (κ1) is 34.9. The molecular weight excluding hydrogens is 638 g/mol. The van der Waals surface area contributed by atoms with E-state index in [0.717, 1.165) is 60.8 Å². The molecule has 2 amide bonds. The van der Waals surface area contributed by atoms with Crippen molar-refractivity contribution in [1.29, 1.82) is 0 Å². The Labute approximate surface area is 295 Å². The number of hydrogen-bond acceptors (Lipinski definition) is 7. The molecule has 10 heteroatoms. The maximum absolute atomic E-state index is 14.2. The first-order chi connectivity index (χ1) is 23.6. The predicted molar refractivity (Wildman–Crippen MR) is 191 cm³/mol. The van der Waals surface area contributed by atoms with Crippen LogP contribution in [0.5, 0.6) is 0 Å². The van der Waals surface area contributed by atoms with Gasteiger partial charge in [0, 0.05) is 47.8 Å². The average Bonchev–Trinajstić information content (AvgIpc) is 3.62. The molecule has 7 rings (SSSR count). The summed E-state index contributed by atoms with van der Waals surface area (Å²) in [6, 6.07) is 15.3. The largest absolute Gasteiger partial charge is 0.392 e. The van der Waals surface area contributed by atoms with Gasteiger partial charge < -0.3 is 36.4 Å². The maximum Gasteiger partial charge on any atom is 0.230 e. The summed E-state index contributed by atoms with van der Waals surface area (Å²) in [6.45, 7) is 0.0251. The van der Waals surface area contributed by atoms with Crippen molar-refractivity contribution in [2.45, 2.75) is 137 Å². The summed E-state index contributed by atoms with van der Waals surface area (Å²) in [7, 11) is 4.38. The molecule has 6 N–H and O–H groups in total. The molecule has 5 aliphatic rings. The summed E-state index contributed by atoms with van der Waals surface area (Å²) in [5.41, 5.74) is 8.22. The van der Waals surface area contributed by atoms with Crippen molar-refractivity contribution < 1.29 is 19.8 Å². The fourth-order valence-electron chi connectivity index (χ4n) is 10.3. The molecule has 0 aromatic heterocycles. The molecule has 4 heterocycles. The lowest BCUT2D eigenvalue weighted by Gasteiger charge is -2.39. The van der Waals surface area contributed by atoms with Crippen LogP contribution in [0.3, 0.4) is 0 Å². The number of amides is 2. The van der Waals surface area contributed by atoms with Gasteiger partial charge in [0.25, 0.3) is 0 Å². The normalized spacial score (nSPS) is 34.1. The molecule has 8 atom stereocenters. The van der Waals surface area contributed by atoms with Crippen LogP contribution in [0.4, 0.5) is 0 Å². The Morgan fingerprint density at radius 2 is 1.39 bits per heavy atom. The standard InChI is InChI=1S/C39H54ClN5O4/c1-44-30-9-10-31(44)17-28(16-30)42-37(47)35(21-41)24-3-4-26(22-46)34(15-24)25-13-14-39(49,20-25)36(23-5-7-27(40)8-6-23)38(48)43-29-18-32-11-12-33(19-29)45(32)2/h3-8,15,25,28-33,35-36,46,49H,9-14,16-22,41H2,1-2H3,(H,42,47)(H,43,48)/t25?,28?,29?,30?,31?,32?,33?,35-,36-,39?/m1/s1. The SMILES string of the molecule is CN1C2CCC1CC(NC(=O)[C@H](CN)c1ccc(CO)c(C3CCC(O)([C@@H](C(=O)NC4CC5CCC(C4)N5C)c4ccc(Cl)cc4)C3)c1)C2. The Kier molecular flexibility index (Phi) is 10.1. The minimum atomic E-state index is -1.30. The summed E-state index contributed by atoms with van der Waals surface area (Å²) in [4.78, 5) is 32.8. The van der Waals surface area contributed by atoms with Crippen molar-refractivity contribution in [2.75, 3.05) is 20.6 Å². The topological polar surface area (TPSA) is 131 Å². The third-order valence-electron chi connectivity index (χ3n) is 13.2. The van der Waals surface area contributed by atoms with E-state index in [1.54, 1.807) is 12.1 Å². The molecule has 1 saturated carbocycles. The van der Waals surface area contributed by atoms with Crippen molar-refractivity contribution in [3.8, 4) is 0 Å². The quantitative estimate of drug-likeness (QED) is 0.253. The van der Waals surface area contributed by atoms with E-state index in [0.29, 0.717) is 48.5 Å². The van der Waals surface area contributed by atoms with Gasteiger partial charge >= 0.3 is 0 Å². The second kappa shape index (κ2) is 14.2. The van der Waals surface area contributed by atoms with Gasteiger partial charge in [0.15, 0.2) is 0 Å². The fourth-order valence-corrected chi connectivity index (χ4v) is 10.5. The summed E-state index contributed by atoms with van der Waals surface area (Å²) in [5, 5.41) is 30.1. The molecule has 49 heavy (non-hydrogen) atoms. The molecule has 6 unspecified atom stereocenters. The monoisotopic (exact) mass is 691 g/mol. The van der Waals surface area contributed by atoms with Gasteiger partial charge in [0.2, 0.25) is 11.8 Å². The van der Waals surface area contributed by atoms with E-state index in [-0.39, 0.29) is 43.0 Å². The second-order valence-electron chi connectivity index (χ2n) is 15.9. The zero-order valence-corrected chi connectivity index (χ0v) is 29.7. The predicted octanol–water partition coefficient (Wildman–Crippen LogP) is 4.14. The van der Waals surface area contributed by atoms with Gasteiger partial charge in [-0.1, -0.05) is 41.9 Å². The molecule has 266 valence electrons. The number of fused-ring (bicyclic) bond motifs is 4. The number of aliphatic hydroxyl groups excluding tert-OH is 1. The first-order valence-electron chi connectivity index (χ1n) is 18.5. The lowest BCUT2D eigenvalue weighted by Crippen LogP contribution is -2.52. The molecule has 4 bridgehead atoms. The highest BCUT2D eigenvalue weighted by Gasteiger charge is 2.49. The molecule has 4 saturated heterocycles. The second-order valence-corrected chi connectivity index (χ2v) is 16.3. The zero-order chi connectivity index (χ0) is 34.4. The van der Waals surface area contributed by atoms with E-state index in [2.05, 4.69) is 34.5 Å². The number of hydrogen-bond donors (Lipinski definition) is 5. The van der Waals surface area contributed by atoms with Crippen LogP contribution in [0, 0.1) is 0 Å². The molecule has 4 aliphatic heterocycles. The van der Waals surface area contributed by atoms with E-state index in [1.165, 1.54) is 12.8 Å². The third kappa shape index (κ3) is 6.91. The van der Waals surface area contributed by atoms with Gasteiger partial charge in [0.05, 0.1) is 24.0 Å². The van der Waals surface area contributed by atoms with Crippen LogP contribution in [0.2, 0.25) is 5.02 Å². The van der Waals surface area contributed by atoms with Crippen LogP contribution >= 0.6 is 11.6 Å². The molecule has 1 aliphatic carbocycles. The first-order valence-corrected chi connectivity index (χ1v) is 18.9. The van der Waals surface area contributed by atoms with Crippen molar-refractivity contribution >= 4 is 23.4 Å². The van der Waals surface area contributed by atoms with Gasteiger partial charge in [-0.25, -0.2) is 0 Å². The van der Waals surface area contributed by atoms with Crippen molar-refractivity contribution in [3.05, 3.63) is 69.7 Å². The summed E-state index contributed by atoms with van der Waals surface area (Å²) in [6.07, 6.45) is 9.94.